The number of hydrogen-bond acceptors (Lipinski definition) is 6. The molecule has 1 fully saturated rings. The standard InChI is InChI=1S/C25H32Cl2N6O4/c1-24(2,3)15-9-14-17(10-16(15)26)30-31-21(14)28-11-18-29-20(27)19(22(34)35)33(18)13-7-8-32(12-13)23(36)37-25(4,5)6/h9-10,13H,7-8,11-12H2,1-6H3,(H,34,35)(H2,28,30,31)/t13-/m1/s1. The number of likely N-dealkylation sites (tertiary alicyclic amines) is 1. The van der Waals surface area contributed by atoms with Crippen molar-refractivity contribution in [1.82, 2.24) is 24.6 Å². The number of nitrogens with zero attached hydrogens (tertiary/aromatic N) is 4. The lowest BCUT2D eigenvalue weighted by Gasteiger charge is -2.25. The molecule has 1 aliphatic heterocycles. The van der Waals surface area contributed by atoms with Crippen LogP contribution in [0.2, 0.25) is 10.2 Å². The molecule has 1 saturated heterocycles. The van der Waals surface area contributed by atoms with Crippen molar-refractivity contribution in [2.24, 2.45) is 0 Å². The highest BCUT2D eigenvalue weighted by Gasteiger charge is 2.35. The van der Waals surface area contributed by atoms with Crippen molar-refractivity contribution in [1.29, 1.82) is 0 Å². The summed E-state index contributed by atoms with van der Waals surface area (Å²) in [5.74, 6) is -0.171. The van der Waals surface area contributed by atoms with Gasteiger partial charge in [-0.3, -0.25) is 5.10 Å². The first-order chi connectivity index (χ1) is 17.2. The summed E-state index contributed by atoms with van der Waals surface area (Å²) in [6.07, 6.45) is 0.104. The van der Waals surface area contributed by atoms with Gasteiger partial charge in [-0.15, -0.1) is 0 Å². The number of H-pyrrole nitrogens is 1. The molecule has 0 spiro atoms. The van der Waals surface area contributed by atoms with Crippen LogP contribution in [-0.2, 0) is 16.7 Å². The highest BCUT2D eigenvalue weighted by molar-refractivity contribution is 6.32. The Balaban J connectivity index is 1.61. The molecule has 0 saturated carbocycles. The van der Waals surface area contributed by atoms with Gasteiger partial charge in [0.25, 0.3) is 0 Å². The molecular weight excluding hydrogens is 519 g/mol. The Morgan fingerprint density at radius 2 is 1.92 bits per heavy atom. The largest absolute Gasteiger partial charge is 0.476 e. The number of ether oxygens (including phenoxy) is 1. The number of carbonyl (C=O) groups excluding carboxylic acids is 1. The van der Waals surface area contributed by atoms with Crippen LogP contribution in [0.5, 0.6) is 0 Å². The summed E-state index contributed by atoms with van der Waals surface area (Å²) >= 11 is 12.8. The normalized spacial score (nSPS) is 16.4. The third-order valence-corrected chi connectivity index (χ3v) is 6.77. The summed E-state index contributed by atoms with van der Waals surface area (Å²) in [7, 11) is 0. The number of amides is 1. The van der Waals surface area contributed by atoms with Crippen LogP contribution < -0.4 is 5.32 Å². The zero-order valence-corrected chi connectivity index (χ0v) is 23.3. The zero-order chi connectivity index (χ0) is 27.3. The lowest BCUT2D eigenvalue weighted by atomic mass is 9.86. The molecular formula is C25H32Cl2N6O4. The number of aromatic nitrogens is 4. The first kappa shape index (κ1) is 27.1. The molecule has 0 unspecified atom stereocenters. The lowest BCUT2D eigenvalue weighted by Crippen LogP contribution is -2.35. The Morgan fingerprint density at radius 1 is 1.22 bits per heavy atom. The van der Waals surface area contributed by atoms with Gasteiger partial charge in [-0.2, -0.15) is 5.10 Å². The number of aromatic carboxylic acids is 1. The number of imidazole rings is 1. The van der Waals surface area contributed by atoms with Crippen LogP contribution in [0.1, 0.15) is 75.9 Å². The smallest absolute Gasteiger partial charge is 0.410 e. The Labute approximate surface area is 225 Å². The molecule has 0 aliphatic carbocycles. The number of rotatable bonds is 5. The fourth-order valence-corrected chi connectivity index (χ4v) is 5.23. The van der Waals surface area contributed by atoms with Crippen molar-refractivity contribution in [3.8, 4) is 0 Å². The van der Waals surface area contributed by atoms with E-state index < -0.39 is 17.7 Å². The molecule has 1 amide bonds. The van der Waals surface area contributed by atoms with E-state index in [0.717, 1.165) is 16.5 Å². The Bertz CT molecular complexity index is 1350. The SMILES string of the molecule is CC(C)(C)OC(=O)N1CC[C@@H](n2c(CNc3n[nH]c4cc(Cl)c(C(C)(C)C)cc34)nc(Cl)c2C(=O)O)C1. The van der Waals surface area contributed by atoms with Crippen molar-refractivity contribution in [2.45, 2.75) is 71.6 Å². The van der Waals surface area contributed by atoms with E-state index in [9.17, 15) is 14.7 Å². The third-order valence-electron chi connectivity index (χ3n) is 6.20. The van der Waals surface area contributed by atoms with Crippen LogP contribution in [0.25, 0.3) is 10.9 Å². The molecule has 0 radical (unpaired) electrons. The van der Waals surface area contributed by atoms with E-state index in [4.69, 9.17) is 27.9 Å². The second kappa shape index (κ2) is 9.72. The van der Waals surface area contributed by atoms with Crippen LogP contribution >= 0.6 is 23.2 Å². The maximum Gasteiger partial charge on any atom is 0.410 e. The van der Waals surface area contributed by atoms with Crippen LogP contribution in [0.15, 0.2) is 12.1 Å². The van der Waals surface area contributed by atoms with Crippen molar-refractivity contribution in [3.05, 3.63) is 39.4 Å². The van der Waals surface area contributed by atoms with Gasteiger partial charge in [-0.1, -0.05) is 44.0 Å². The number of aromatic amines is 1. The third kappa shape index (κ3) is 5.65. The summed E-state index contributed by atoms with van der Waals surface area (Å²) in [4.78, 5) is 30.6. The molecule has 1 aromatic carbocycles. The molecule has 1 aliphatic rings. The van der Waals surface area contributed by atoms with Crippen LogP contribution in [0.3, 0.4) is 0 Å². The first-order valence-electron chi connectivity index (χ1n) is 12.1. The molecule has 2 aromatic heterocycles. The summed E-state index contributed by atoms with van der Waals surface area (Å²) in [5, 5.41) is 21.9. The number of carboxylic acid groups (broad SMARTS) is 1. The van der Waals surface area contributed by atoms with Crippen LogP contribution in [0.4, 0.5) is 10.6 Å². The average molecular weight is 551 g/mol. The van der Waals surface area contributed by atoms with E-state index in [0.29, 0.717) is 29.6 Å². The molecule has 3 aromatic rings. The quantitative estimate of drug-likeness (QED) is 0.363. The second-order valence-corrected chi connectivity index (χ2v) is 12.0. The van der Waals surface area contributed by atoms with Gasteiger partial charge < -0.3 is 24.6 Å². The van der Waals surface area contributed by atoms with E-state index in [1.165, 1.54) is 0 Å². The van der Waals surface area contributed by atoms with Crippen LogP contribution in [-0.4, -0.2) is 60.5 Å². The maximum atomic E-state index is 12.6. The van der Waals surface area contributed by atoms with Gasteiger partial charge in [0, 0.05) is 23.5 Å². The van der Waals surface area contributed by atoms with Gasteiger partial charge in [-0.05, 0) is 50.3 Å². The van der Waals surface area contributed by atoms with E-state index in [2.05, 4.69) is 41.3 Å². The predicted molar refractivity (Wildman–Crippen MR) is 143 cm³/mol. The molecule has 3 N–H and O–H groups in total. The van der Waals surface area contributed by atoms with E-state index >= 15 is 0 Å². The van der Waals surface area contributed by atoms with Gasteiger partial charge in [0.15, 0.2) is 16.7 Å². The Hall–Kier alpha value is -2.98. The minimum atomic E-state index is -1.19. The number of benzene rings is 1. The number of fused-ring (bicyclic) bond motifs is 1. The molecule has 12 heteroatoms. The fraction of sp³-hybridized carbons (Fsp3) is 0.520. The van der Waals surface area contributed by atoms with E-state index in [1.54, 1.807) is 30.2 Å². The number of nitrogens with one attached hydrogen (secondary N) is 2. The zero-order valence-electron chi connectivity index (χ0n) is 21.8. The topological polar surface area (TPSA) is 125 Å². The number of anilines is 1. The summed E-state index contributed by atoms with van der Waals surface area (Å²) < 4.78 is 7.09. The molecule has 10 nitrogen and oxygen atoms in total. The highest BCUT2D eigenvalue weighted by atomic mass is 35.5. The van der Waals surface area contributed by atoms with E-state index in [1.807, 2.05) is 12.1 Å². The molecule has 1 atom stereocenters. The minimum Gasteiger partial charge on any atom is -0.476 e. The van der Waals surface area contributed by atoms with Gasteiger partial charge in [0.05, 0.1) is 18.1 Å². The molecule has 0 bridgehead atoms. The number of halogens is 2. The number of carboxylic acids is 1. The average Bonchev–Trinajstić information content (AvgIpc) is 3.46. The van der Waals surface area contributed by atoms with Gasteiger partial charge >= 0.3 is 12.1 Å². The van der Waals surface area contributed by atoms with E-state index in [-0.39, 0.29) is 35.4 Å². The van der Waals surface area contributed by atoms with Gasteiger partial charge in [0.2, 0.25) is 0 Å². The second-order valence-electron chi connectivity index (χ2n) is 11.3. The predicted octanol–water partition coefficient (Wildman–Crippen LogP) is 5.86. The molecule has 37 heavy (non-hydrogen) atoms. The Kier molecular flexibility index (Phi) is 7.11. The summed E-state index contributed by atoms with van der Waals surface area (Å²) in [6, 6.07) is 3.53. The summed E-state index contributed by atoms with van der Waals surface area (Å²) in [5.41, 5.74) is 0.859. The van der Waals surface area contributed by atoms with Gasteiger partial charge in [0.1, 0.15) is 11.4 Å². The monoisotopic (exact) mass is 550 g/mol. The Morgan fingerprint density at radius 3 is 2.54 bits per heavy atom. The molecule has 200 valence electrons. The molecule has 4 rings (SSSR count). The van der Waals surface area contributed by atoms with Crippen molar-refractivity contribution in [3.63, 3.8) is 0 Å². The van der Waals surface area contributed by atoms with Crippen LogP contribution in [0, 0.1) is 0 Å². The fourth-order valence-electron chi connectivity index (χ4n) is 4.51. The van der Waals surface area contributed by atoms with Crippen molar-refractivity contribution in [2.75, 3.05) is 18.4 Å². The van der Waals surface area contributed by atoms with Crippen molar-refractivity contribution < 1.29 is 19.4 Å². The summed E-state index contributed by atoms with van der Waals surface area (Å²) in [6.45, 7) is 12.6. The number of carbonyl (C=O) groups is 2. The van der Waals surface area contributed by atoms with Gasteiger partial charge in [-0.25, -0.2) is 14.6 Å². The number of hydrogen-bond donors (Lipinski definition) is 3. The highest BCUT2D eigenvalue weighted by Crippen LogP contribution is 2.35. The first-order valence-corrected chi connectivity index (χ1v) is 12.8. The maximum absolute atomic E-state index is 12.6. The lowest BCUT2D eigenvalue weighted by molar-refractivity contribution is 0.0289. The molecule has 3 heterocycles. The van der Waals surface area contributed by atoms with Crippen molar-refractivity contribution >= 4 is 52.0 Å². The minimum absolute atomic E-state index is 0.103.